The van der Waals surface area contributed by atoms with Crippen molar-refractivity contribution in [1.29, 1.82) is 0 Å². The van der Waals surface area contributed by atoms with Crippen LogP contribution < -0.4 is 0 Å². The smallest absolute Gasteiger partial charge is 0.334 e. The maximum Gasteiger partial charge on any atom is 0.334 e. The Kier molecular flexibility index (Phi) is 3.33. The fraction of sp³-hybridized carbons (Fsp3) is 0.200. The highest BCUT2D eigenvalue weighted by Gasteiger charge is 2.44. The Morgan fingerprint density at radius 2 is 2.00 bits per heavy atom. The molecule has 0 radical (unpaired) electrons. The molecular weight excluding hydrogens is 264 g/mol. The van der Waals surface area contributed by atoms with E-state index in [-0.39, 0.29) is 10.6 Å². The first-order valence-corrected chi connectivity index (χ1v) is 6.14. The number of esters is 1. The highest BCUT2D eigenvalue weighted by Crippen LogP contribution is 2.38. The van der Waals surface area contributed by atoms with E-state index >= 15 is 0 Å². The summed E-state index contributed by atoms with van der Waals surface area (Å²) in [4.78, 5) is 24.0. The SMILES string of the molecule is C=C(C)C(=O)OC1(C)C(=O)C(Cl)=Cc2ccccc21. The average Bonchev–Trinajstić information content (AvgIpc) is 2.36. The number of hydrogen-bond acceptors (Lipinski definition) is 3. The number of hydrogen-bond donors (Lipinski definition) is 0. The molecule has 0 amide bonds. The van der Waals surface area contributed by atoms with Crippen LogP contribution in [0.15, 0.2) is 41.4 Å². The van der Waals surface area contributed by atoms with Gasteiger partial charge in [-0.3, -0.25) is 4.79 Å². The normalized spacial score (nSPS) is 21.4. The molecule has 0 saturated carbocycles. The molecule has 1 unspecified atom stereocenters. The van der Waals surface area contributed by atoms with Crippen molar-refractivity contribution < 1.29 is 14.3 Å². The Morgan fingerprint density at radius 1 is 1.37 bits per heavy atom. The minimum absolute atomic E-state index is 0.0516. The molecule has 3 nitrogen and oxygen atoms in total. The fourth-order valence-corrected chi connectivity index (χ4v) is 2.28. The Morgan fingerprint density at radius 3 is 2.63 bits per heavy atom. The number of ketones is 1. The van der Waals surface area contributed by atoms with Gasteiger partial charge in [-0.15, -0.1) is 0 Å². The highest BCUT2D eigenvalue weighted by molar-refractivity contribution is 6.46. The van der Waals surface area contributed by atoms with Crippen molar-refractivity contribution >= 4 is 29.4 Å². The van der Waals surface area contributed by atoms with Gasteiger partial charge in [0.2, 0.25) is 5.78 Å². The molecule has 0 N–H and O–H groups in total. The van der Waals surface area contributed by atoms with E-state index in [1.165, 1.54) is 6.92 Å². The largest absolute Gasteiger partial charge is 0.443 e. The van der Waals surface area contributed by atoms with Gasteiger partial charge in [0.1, 0.15) is 0 Å². The third-order valence-corrected chi connectivity index (χ3v) is 3.33. The molecule has 1 aromatic rings. The molecule has 0 bridgehead atoms. The number of benzene rings is 1. The lowest BCUT2D eigenvalue weighted by atomic mass is 9.83. The molecule has 0 fully saturated rings. The van der Waals surface area contributed by atoms with Gasteiger partial charge in [0.25, 0.3) is 0 Å². The van der Waals surface area contributed by atoms with Crippen LogP contribution in [0.25, 0.3) is 6.08 Å². The van der Waals surface area contributed by atoms with Gasteiger partial charge < -0.3 is 4.74 Å². The summed E-state index contributed by atoms with van der Waals surface area (Å²) < 4.78 is 5.34. The molecule has 1 aliphatic carbocycles. The van der Waals surface area contributed by atoms with Crippen molar-refractivity contribution in [3.8, 4) is 0 Å². The summed E-state index contributed by atoms with van der Waals surface area (Å²) in [7, 11) is 0. The number of carbonyl (C=O) groups excluding carboxylic acids is 2. The Labute approximate surface area is 116 Å². The van der Waals surface area contributed by atoms with Crippen molar-refractivity contribution in [2.24, 2.45) is 0 Å². The zero-order valence-electron chi connectivity index (χ0n) is 10.7. The van der Waals surface area contributed by atoms with Crippen molar-refractivity contribution in [2.75, 3.05) is 0 Å². The standard InChI is InChI=1S/C15H13ClO3/c1-9(2)14(18)19-15(3)11-7-5-4-6-10(11)8-12(16)13(15)17/h4-8H,1H2,2-3H3. The minimum atomic E-state index is -1.40. The predicted octanol–water partition coefficient (Wildman–Crippen LogP) is 3.18. The van der Waals surface area contributed by atoms with E-state index in [1.54, 1.807) is 25.1 Å². The van der Waals surface area contributed by atoms with Gasteiger partial charge in [0.15, 0.2) is 5.60 Å². The third-order valence-electron chi connectivity index (χ3n) is 3.05. The predicted molar refractivity (Wildman–Crippen MR) is 73.5 cm³/mol. The first kappa shape index (κ1) is 13.6. The molecule has 0 spiro atoms. The van der Waals surface area contributed by atoms with E-state index in [0.29, 0.717) is 5.56 Å². The lowest BCUT2D eigenvalue weighted by Gasteiger charge is -2.32. The molecule has 0 aromatic heterocycles. The molecule has 0 saturated heterocycles. The van der Waals surface area contributed by atoms with Gasteiger partial charge in [0, 0.05) is 11.1 Å². The Hall–Kier alpha value is -1.87. The van der Waals surface area contributed by atoms with E-state index in [4.69, 9.17) is 16.3 Å². The van der Waals surface area contributed by atoms with Crippen LogP contribution in [0.5, 0.6) is 0 Å². The molecule has 1 aliphatic rings. The topological polar surface area (TPSA) is 43.4 Å². The molecule has 0 heterocycles. The van der Waals surface area contributed by atoms with Crippen LogP contribution in [0.2, 0.25) is 0 Å². The third kappa shape index (κ3) is 2.22. The molecule has 2 rings (SSSR count). The summed E-state index contributed by atoms with van der Waals surface area (Å²) in [6.07, 6.45) is 1.58. The lowest BCUT2D eigenvalue weighted by molar-refractivity contribution is -0.161. The summed E-state index contributed by atoms with van der Waals surface area (Å²) >= 11 is 5.94. The van der Waals surface area contributed by atoms with Gasteiger partial charge in [-0.25, -0.2) is 4.79 Å². The molecule has 98 valence electrons. The van der Waals surface area contributed by atoms with Crippen molar-refractivity contribution in [2.45, 2.75) is 19.4 Å². The monoisotopic (exact) mass is 276 g/mol. The molecular formula is C15H13ClO3. The number of rotatable bonds is 2. The van der Waals surface area contributed by atoms with E-state index < -0.39 is 17.4 Å². The van der Waals surface area contributed by atoms with Crippen LogP contribution in [0, 0.1) is 0 Å². The maximum atomic E-state index is 12.3. The van der Waals surface area contributed by atoms with Crippen molar-refractivity contribution in [3.05, 3.63) is 52.6 Å². The van der Waals surface area contributed by atoms with Crippen LogP contribution in [0.1, 0.15) is 25.0 Å². The number of Topliss-reactive ketones (excluding diaryl/α,β-unsaturated/α-hetero) is 1. The summed E-state index contributed by atoms with van der Waals surface area (Å²) in [5.41, 5.74) is 0.221. The van der Waals surface area contributed by atoms with Gasteiger partial charge in [-0.05, 0) is 25.5 Å². The van der Waals surface area contributed by atoms with E-state index in [2.05, 4.69) is 6.58 Å². The zero-order valence-corrected chi connectivity index (χ0v) is 11.5. The summed E-state index contributed by atoms with van der Waals surface area (Å²) in [5.74, 6) is -1.04. The van der Waals surface area contributed by atoms with E-state index in [9.17, 15) is 9.59 Å². The van der Waals surface area contributed by atoms with Gasteiger partial charge >= 0.3 is 5.97 Å². The van der Waals surface area contributed by atoms with Gasteiger partial charge in [0.05, 0.1) is 5.03 Å². The second kappa shape index (κ2) is 4.67. The first-order chi connectivity index (χ1) is 8.86. The summed E-state index contributed by atoms with van der Waals surface area (Å²) in [6.45, 7) is 6.59. The summed E-state index contributed by atoms with van der Waals surface area (Å²) in [5, 5.41) is 0.0516. The van der Waals surface area contributed by atoms with Crippen LogP contribution in [-0.2, 0) is 19.9 Å². The number of ether oxygens (including phenoxy) is 1. The Balaban J connectivity index is 2.55. The molecule has 1 atom stereocenters. The Bertz CT molecular complexity index is 616. The second-order valence-electron chi connectivity index (χ2n) is 4.61. The molecule has 0 aliphatic heterocycles. The maximum absolute atomic E-state index is 12.3. The number of carbonyl (C=O) groups is 2. The fourth-order valence-electron chi connectivity index (χ4n) is 1.98. The van der Waals surface area contributed by atoms with Crippen LogP contribution in [-0.4, -0.2) is 11.8 Å². The zero-order chi connectivity index (χ0) is 14.2. The average molecular weight is 277 g/mol. The lowest BCUT2D eigenvalue weighted by Crippen LogP contribution is -2.40. The van der Waals surface area contributed by atoms with Crippen molar-refractivity contribution in [3.63, 3.8) is 0 Å². The van der Waals surface area contributed by atoms with E-state index in [0.717, 1.165) is 5.56 Å². The minimum Gasteiger partial charge on any atom is -0.443 e. The van der Waals surface area contributed by atoms with Crippen molar-refractivity contribution in [1.82, 2.24) is 0 Å². The molecule has 19 heavy (non-hydrogen) atoms. The first-order valence-electron chi connectivity index (χ1n) is 5.76. The summed E-state index contributed by atoms with van der Waals surface area (Å²) in [6, 6.07) is 7.18. The van der Waals surface area contributed by atoms with E-state index in [1.807, 2.05) is 12.1 Å². The molecule has 4 heteroatoms. The van der Waals surface area contributed by atoms with Gasteiger partial charge in [-0.2, -0.15) is 0 Å². The number of fused-ring (bicyclic) bond motifs is 1. The molecule has 1 aromatic carbocycles. The quantitative estimate of drug-likeness (QED) is 0.615. The van der Waals surface area contributed by atoms with Crippen LogP contribution in [0.3, 0.4) is 0 Å². The van der Waals surface area contributed by atoms with Crippen LogP contribution in [0.4, 0.5) is 0 Å². The highest BCUT2D eigenvalue weighted by atomic mass is 35.5. The second-order valence-corrected chi connectivity index (χ2v) is 5.02. The number of halogens is 1. The van der Waals surface area contributed by atoms with Crippen LogP contribution >= 0.6 is 11.6 Å². The van der Waals surface area contributed by atoms with Gasteiger partial charge in [-0.1, -0.05) is 42.4 Å².